The fourth-order valence-electron chi connectivity index (χ4n) is 5.24. The molecule has 0 radical (unpaired) electrons. The molecule has 1 amide bonds. The number of carbonyl (C=O) groups is 2. The van der Waals surface area contributed by atoms with Crippen molar-refractivity contribution in [2.24, 2.45) is 11.8 Å². The summed E-state index contributed by atoms with van der Waals surface area (Å²) in [4.78, 5) is 27.0. The molecule has 0 saturated heterocycles. The lowest BCUT2D eigenvalue weighted by Gasteiger charge is -2.36. The Kier molecular flexibility index (Phi) is 4.72. The quantitative estimate of drug-likeness (QED) is 0.593. The van der Waals surface area contributed by atoms with Crippen LogP contribution in [0.5, 0.6) is 0 Å². The highest BCUT2D eigenvalue weighted by Gasteiger charge is 2.61. The van der Waals surface area contributed by atoms with Crippen molar-refractivity contribution in [3.05, 3.63) is 100 Å². The number of halogens is 1. The molecule has 2 N–H and O–H groups in total. The summed E-state index contributed by atoms with van der Waals surface area (Å²) in [5, 5.41) is 15.8. The summed E-state index contributed by atoms with van der Waals surface area (Å²) in [5.41, 5.74) is 2.01. The van der Waals surface area contributed by atoms with Gasteiger partial charge in [-0.25, -0.2) is 0 Å². The van der Waals surface area contributed by atoms with E-state index in [0.717, 1.165) is 11.1 Å². The molecule has 0 spiro atoms. The van der Waals surface area contributed by atoms with E-state index in [1.165, 1.54) is 0 Å². The SMILES string of the molecule is Cc1ccc(C2(O)C(c3ccc(Cl)cc3)CC3C(=O)c4ccccc4NC(=O)C32)cc1. The predicted octanol–water partition coefficient (Wildman–Crippen LogP) is 5.09. The topological polar surface area (TPSA) is 66.4 Å². The molecule has 156 valence electrons. The Morgan fingerprint density at radius 3 is 2.35 bits per heavy atom. The van der Waals surface area contributed by atoms with Crippen LogP contribution in [0.25, 0.3) is 0 Å². The summed E-state index contributed by atoms with van der Waals surface area (Å²) >= 11 is 6.09. The van der Waals surface area contributed by atoms with Crippen molar-refractivity contribution in [2.45, 2.75) is 24.9 Å². The number of rotatable bonds is 2. The Morgan fingerprint density at radius 2 is 1.65 bits per heavy atom. The van der Waals surface area contributed by atoms with Crippen LogP contribution < -0.4 is 5.32 Å². The van der Waals surface area contributed by atoms with Crippen molar-refractivity contribution in [1.82, 2.24) is 0 Å². The number of carbonyl (C=O) groups excluding carboxylic acids is 2. The predicted molar refractivity (Wildman–Crippen MR) is 120 cm³/mol. The first-order valence-electron chi connectivity index (χ1n) is 10.4. The molecule has 4 nitrogen and oxygen atoms in total. The van der Waals surface area contributed by atoms with Gasteiger partial charge >= 0.3 is 0 Å². The van der Waals surface area contributed by atoms with Crippen LogP contribution in [0.4, 0.5) is 5.69 Å². The Labute approximate surface area is 185 Å². The molecular weight excluding hydrogens is 410 g/mol. The second kappa shape index (κ2) is 7.33. The van der Waals surface area contributed by atoms with Gasteiger partial charge in [-0.1, -0.05) is 65.7 Å². The molecule has 0 aromatic heterocycles. The fourth-order valence-corrected chi connectivity index (χ4v) is 5.36. The summed E-state index contributed by atoms with van der Waals surface area (Å²) < 4.78 is 0. The minimum absolute atomic E-state index is 0.110. The van der Waals surface area contributed by atoms with E-state index in [-0.39, 0.29) is 11.7 Å². The molecule has 3 aromatic rings. The van der Waals surface area contributed by atoms with Crippen molar-refractivity contribution in [1.29, 1.82) is 0 Å². The largest absolute Gasteiger partial charge is 0.384 e. The molecule has 2 aliphatic rings. The Balaban J connectivity index is 1.70. The zero-order valence-corrected chi connectivity index (χ0v) is 17.8. The number of hydrogen-bond acceptors (Lipinski definition) is 3. The summed E-state index contributed by atoms with van der Waals surface area (Å²) in [5.74, 6) is -2.40. The average Bonchev–Trinajstić information content (AvgIpc) is 3.03. The molecule has 1 heterocycles. The number of nitrogens with one attached hydrogen (secondary N) is 1. The van der Waals surface area contributed by atoms with E-state index in [1.807, 2.05) is 43.3 Å². The van der Waals surface area contributed by atoms with Gasteiger partial charge in [0, 0.05) is 22.4 Å². The lowest BCUT2D eigenvalue weighted by Crippen LogP contribution is -2.44. The summed E-state index contributed by atoms with van der Waals surface area (Å²) in [7, 11) is 0. The zero-order valence-electron chi connectivity index (χ0n) is 17.0. The fraction of sp³-hybridized carbons (Fsp3) is 0.231. The maximum atomic E-state index is 13.5. The van der Waals surface area contributed by atoms with Gasteiger partial charge in [-0.3, -0.25) is 9.59 Å². The number of hydrogen-bond donors (Lipinski definition) is 2. The molecule has 0 bridgehead atoms. The molecular formula is C26H22ClNO3. The van der Waals surface area contributed by atoms with Crippen LogP contribution >= 0.6 is 11.6 Å². The van der Waals surface area contributed by atoms with Gasteiger partial charge in [0.15, 0.2) is 5.78 Å². The molecule has 5 rings (SSSR count). The van der Waals surface area contributed by atoms with Gasteiger partial charge in [0.25, 0.3) is 0 Å². The first-order chi connectivity index (χ1) is 14.9. The zero-order chi connectivity index (χ0) is 21.8. The van der Waals surface area contributed by atoms with Crippen molar-refractivity contribution >= 4 is 29.0 Å². The number of Topliss-reactive ketones (excluding diaryl/α,β-unsaturated/α-hetero) is 1. The summed E-state index contributed by atoms with van der Waals surface area (Å²) in [6.45, 7) is 1.97. The van der Waals surface area contributed by atoms with Crippen LogP contribution in [0.3, 0.4) is 0 Å². The van der Waals surface area contributed by atoms with Crippen molar-refractivity contribution < 1.29 is 14.7 Å². The van der Waals surface area contributed by atoms with Crippen molar-refractivity contribution in [2.75, 3.05) is 5.32 Å². The molecule has 3 aromatic carbocycles. The van der Waals surface area contributed by atoms with Crippen LogP contribution in [0.1, 0.15) is 39.4 Å². The molecule has 31 heavy (non-hydrogen) atoms. The molecule has 4 unspecified atom stereocenters. The second-order valence-corrected chi connectivity index (χ2v) is 8.95. The van der Waals surface area contributed by atoms with E-state index in [1.54, 1.807) is 36.4 Å². The number of ketones is 1. The number of aliphatic hydroxyl groups is 1. The van der Waals surface area contributed by atoms with Gasteiger partial charge in [-0.15, -0.1) is 0 Å². The highest BCUT2D eigenvalue weighted by atomic mass is 35.5. The van der Waals surface area contributed by atoms with Crippen LogP contribution in [-0.4, -0.2) is 16.8 Å². The Morgan fingerprint density at radius 1 is 0.968 bits per heavy atom. The first kappa shape index (κ1) is 20.0. The summed E-state index contributed by atoms with van der Waals surface area (Å²) in [6.07, 6.45) is 0.372. The van der Waals surface area contributed by atoms with Gasteiger partial charge < -0.3 is 10.4 Å². The van der Waals surface area contributed by atoms with E-state index >= 15 is 0 Å². The number of anilines is 1. The molecule has 5 heteroatoms. The smallest absolute Gasteiger partial charge is 0.231 e. The highest BCUT2D eigenvalue weighted by Crippen LogP contribution is 2.57. The standard InChI is InChI=1S/C26H22ClNO3/c1-15-6-10-17(11-7-15)26(31)21(16-8-12-18(27)13-9-16)14-20-23(26)25(30)28-22-5-3-2-4-19(22)24(20)29/h2-13,20-21,23,31H,14H2,1H3,(H,28,30). The third-order valence-electron chi connectivity index (χ3n) is 6.75. The van der Waals surface area contributed by atoms with E-state index in [9.17, 15) is 14.7 Å². The van der Waals surface area contributed by atoms with Gasteiger partial charge in [-0.2, -0.15) is 0 Å². The number of fused-ring (bicyclic) bond motifs is 2. The third-order valence-corrected chi connectivity index (χ3v) is 7.01. The minimum Gasteiger partial charge on any atom is -0.384 e. The van der Waals surface area contributed by atoms with E-state index in [2.05, 4.69) is 5.32 Å². The number of benzene rings is 3. The van der Waals surface area contributed by atoms with E-state index in [4.69, 9.17) is 11.6 Å². The molecule has 1 fully saturated rings. The lowest BCUT2D eigenvalue weighted by atomic mass is 9.73. The highest BCUT2D eigenvalue weighted by molar-refractivity contribution is 6.30. The number of amides is 1. The number of aryl methyl sites for hydroxylation is 1. The monoisotopic (exact) mass is 431 g/mol. The van der Waals surface area contributed by atoms with Gasteiger partial charge in [-0.05, 0) is 48.7 Å². The van der Waals surface area contributed by atoms with Gasteiger partial charge in [0.2, 0.25) is 5.91 Å². The second-order valence-electron chi connectivity index (χ2n) is 8.51. The molecule has 1 aliphatic carbocycles. The number of para-hydroxylation sites is 1. The van der Waals surface area contributed by atoms with E-state index in [0.29, 0.717) is 28.3 Å². The maximum Gasteiger partial charge on any atom is 0.231 e. The van der Waals surface area contributed by atoms with Crippen molar-refractivity contribution in [3.63, 3.8) is 0 Å². The van der Waals surface area contributed by atoms with Crippen molar-refractivity contribution in [3.8, 4) is 0 Å². The maximum absolute atomic E-state index is 13.5. The Hall–Kier alpha value is -2.95. The molecule has 1 aliphatic heterocycles. The van der Waals surface area contributed by atoms with Crippen LogP contribution in [0.15, 0.2) is 72.8 Å². The minimum atomic E-state index is -1.53. The lowest BCUT2D eigenvalue weighted by molar-refractivity contribution is -0.130. The van der Waals surface area contributed by atoms with E-state index < -0.39 is 23.4 Å². The molecule has 1 saturated carbocycles. The Bertz CT molecular complexity index is 1170. The van der Waals surface area contributed by atoms with Crippen LogP contribution in [-0.2, 0) is 10.4 Å². The van der Waals surface area contributed by atoms with Crippen LogP contribution in [0, 0.1) is 18.8 Å². The first-order valence-corrected chi connectivity index (χ1v) is 10.8. The summed E-state index contributed by atoms with van der Waals surface area (Å²) in [6, 6.07) is 21.9. The normalized spacial score (nSPS) is 27.3. The van der Waals surface area contributed by atoms with Gasteiger partial charge in [0.1, 0.15) is 5.60 Å². The molecule has 4 atom stereocenters. The average molecular weight is 432 g/mol. The third kappa shape index (κ3) is 3.10. The van der Waals surface area contributed by atoms with Crippen LogP contribution in [0.2, 0.25) is 5.02 Å². The van der Waals surface area contributed by atoms with Gasteiger partial charge in [0.05, 0.1) is 11.6 Å².